The highest BCUT2D eigenvalue weighted by Gasteiger charge is 2.20. The summed E-state index contributed by atoms with van der Waals surface area (Å²) in [5, 5.41) is 5.61. The molecule has 7 heteroatoms. The lowest BCUT2D eigenvalue weighted by Gasteiger charge is -2.04. The van der Waals surface area contributed by atoms with Crippen LogP contribution in [0.1, 0.15) is 26.7 Å². The van der Waals surface area contributed by atoms with E-state index in [1.54, 1.807) is 35.9 Å². The molecule has 27 heavy (non-hydrogen) atoms. The van der Waals surface area contributed by atoms with Gasteiger partial charge in [-0.25, -0.2) is 4.98 Å². The molecular formula is C20H22N4O3. The van der Waals surface area contributed by atoms with E-state index in [0.29, 0.717) is 25.2 Å². The van der Waals surface area contributed by atoms with E-state index >= 15 is 0 Å². The second-order valence-corrected chi connectivity index (χ2v) is 5.98. The van der Waals surface area contributed by atoms with Crippen molar-refractivity contribution >= 4 is 17.3 Å². The Kier molecular flexibility index (Phi) is 6.17. The van der Waals surface area contributed by atoms with Crippen molar-refractivity contribution in [1.82, 2.24) is 20.0 Å². The molecule has 2 heterocycles. The van der Waals surface area contributed by atoms with E-state index in [4.69, 9.17) is 4.74 Å². The molecule has 0 radical (unpaired) electrons. The minimum Gasteiger partial charge on any atom is -0.383 e. The first-order chi connectivity index (χ1) is 13.2. The number of rotatable bonds is 8. The number of methoxy groups -OCH3 is 1. The van der Waals surface area contributed by atoms with E-state index in [2.05, 4.69) is 15.6 Å². The van der Waals surface area contributed by atoms with Crippen LogP contribution in [0.4, 0.5) is 0 Å². The number of fused-ring (bicyclic) bond motifs is 1. The highest BCUT2D eigenvalue weighted by molar-refractivity contribution is 6.02. The molecule has 0 unspecified atom stereocenters. The third kappa shape index (κ3) is 4.51. The topological polar surface area (TPSA) is 84.7 Å². The number of nitrogens with one attached hydrogen (secondary N) is 2. The number of aromatic nitrogens is 2. The van der Waals surface area contributed by atoms with Crippen LogP contribution in [0.3, 0.4) is 0 Å². The molecule has 0 saturated carbocycles. The Morgan fingerprint density at radius 1 is 1.00 bits per heavy atom. The van der Waals surface area contributed by atoms with Crippen molar-refractivity contribution in [3.05, 3.63) is 71.8 Å². The van der Waals surface area contributed by atoms with Crippen molar-refractivity contribution in [2.45, 2.75) is 6.42 Å². The zero-order valence-electron chi connectivity index (χ0n) is 15.1. The number of hydrogen-bond acceptors (Lipinski definition) is 4. The van der Waals surface area contributed by atoms with Gasteiger partial charge in [-0.15, -0.1) is 0 Å². The molecule has 140 valence electrons. The molecule has 3 rings (SSSR count). The number of carbonyl (C=O) groups is 2. The van der Waals surface area contributed by atoms with E-state index in [0.717, 1.165) is 12.0 Å². The number of nitrogens with zero attached hydrogens (tertiary/aromatic N) is 2. The van der Waals surface area contributed by atoms with Crippen LogP contribution in [0.2, 0.25) is 0 Å². The Bertz CT molecular complexity index is 921. The second kappa shape index (κ2) is 8.95. The molecule has 2 aromatic heterocycles. The van der Waals surface area contributed by atoms with Crippen molar-refractivity contribution in [1.29, 1.82) is 0 Å². The van der Waals surface area contributed by atoms with Gasteiger partial charge < -0.3 is 15.4 Å². The summed E-state index contributed by atoms with van der Waals surface area (Å²) in [5.41, 5.74) is 1.95. The van der Waals surface area contributed by atoms with Crippen LogP contribution in [0.15, 0.2) is 54.7 Å². The first-order valence-corrected chi connectivity index (χ1v) is 8.77. The van der Waals surface area contributed by atoms with Crippen molar-refractivity contribution in [3.63, 3.8) is 0 Å². The molecule has 0 aliphatic heterocycles. The summed E-state index contributed by atoms with van der Waals surface area (Å²) in [6.07, 6.45) is 2.45. The van der Waals surface area contributed by atoms with Crippen LogP contribution in [0.5, 0.6) is 0 Å². The minimum absolute atomic E-state index is 0.190. The van der Waals surface area contributed by atoms with Crippen molar-refractivity contribution < 1.29 is 14.3 Å². The molecular weight excluding hydrogens is 344 g/mol. The number of benzene rings is 1. The molecule has 7 nitrogen and oxygen atoms in total. The fourth-order valence-electron chi connectivity index (χ4n) is 2.76. The van der Waals surface area contributed by atoms with Crippen LogP contribution in [0.25, 0.3) is 5.52 Å². The first kappa shape index (κ1) is 18.6. The van der Waals surface area contributed by atoms with Crippen molar-refractivity contribution in [2.24, 2.45) is 0 Å². The first-order valence-electron chi connectivity index (χ1n) is 8.77. The summed E-state index contributed by atoms with van der Waals surface area (Å²) in [6.45, 7) is 1.27. The van der Waals surface area contributed by atoms with Gasteiger partial charge in [0.25, 0.3) is 11.8 Å². The molecule has 0 fully saturated rings. The van der Waals surface area contributed by atoms with Crippen LogP contribution in [-0.2, 0) is 11.2 Å². The highest BCUT2D eigenvalue weighted by Crippen LogP contribution is 2.13. The molecule has 0 aliphatic carbocycles. The maximum Gasteiger partial charge on any atom is 0.287 e. The fourth-order valence-corrected chi connectivity index (χ4v) is 2.76. The molecule has 0 spiro atoms. The van der Waals surface area contributed by atoms with Crippen LogP contribution >= 0.6 is 0 Å². The third-order valence-electron chi connectivity index (χ3n) is 4.10. The summed E-state index contributed by atoms with van der Waals surface area (Å²) in [6, 6.07) is 15.3. The van der Waals surface area contributed by atoms with Crippen LogP contribution in [-0.4, -0.2) is 48.0 Å². The predicted octanol–water partition coefficient (Wildman–Crippen LogP) is 1.68. The average molecular weight is 366 g/mol. The number of pyridine rings is 1. The molecule has 0 atom stereocenters. The molecule has 2 amide bonds. The summed E-state index contributed by atoms with van der Waals surface area (Å²) in [5.74, 6) is -0.460. The smallest absolute Gasteiger partial charge is 0.287 e. The Labute approximate surface area is 157 Å². The lowest BCUT2D eigenvalue weighted by molar-refractivity contribution is 0.0934. The number of hydrogen-bond donors (Lipinski definition) is 2. The van der Waals surface area contributed by atoms with Gasteiger partial charge in [-0.1, -0.05) is 36.4 Å². The largest absolute Gasteiger partial charge is 0.383 e. The van der Waals surface area contributed by atoms with Gasteiger partial charge in [0, 0.05) is 26.4 Å². The van der Waals surface area contributed by atoms with Crippen LogP contribution < -0.4 is 10.6 Å². The van der Waals surface area contributed by atoms with Gasteiger partial charge in [0.1, 0.15) is 0 Å². The Hall–Kier alpha value is -3.19. The SMILES string of the molecule is COCCNC(=O)c1nc(C(=O)NCCc2ccccc2)n2ccccc12. The quantitative estimate of drug-likeness (QED) is 0.594. The molecule has 0 saturated heterocycles. The van der Waals surface area contributed by atoms with E-state index in [1.165, 1.54) is 0 Å². The lowest BCUT2D eigenvalue weighted by Crippen LogP contribution is -2.28. The van der Waals surface area contributed by atoms with Gasteiger partial charge in [0.2, 0.25) is 5.82 Å². The van der Waals surface area contributed by atoms with Gasteiger partial charge >= 0.3 is 0 Å². The molecule has 0 aliphatic rings. The summed E-state index contributed by atoms with van der Waals surface area (Å²) >= 11 is 0. The van der Waals surface area contributed by atoms with Gasteiger partial charge in [-0.3, -0.25) is 14.0 Å². The van der Waals surface area contributed by atoms with E-state index in [-0.39, 0.29) is 23.3 Å². The normalized spacial score (nSPS) is 10.7. The maximum absolute atomic E-state index is 12.6. The van der Waals surface area contributed by atoms with Gasteiger partial charge in [-0.2, -0.15) is 0 Å². The molecule has 0 bridgehead atoms. The van der Waals surface area contributed by atoms with Gasteiger partial charge in [0.15, 0.2) is 5.69 Å². The second-order valence-electron chi connectivity index (χ2n) is 5.98. The standard InChI is InChI=1S/C20H22N4O3/c1-27-14-12-22-19(25)17-16-9-5-6-13-24(16)18(23-17)20(26)21-11-10-15-7-3-2-4-8-15/h2-9,13H,10-12,14H2,1H3,(H,21,26)(H,22,25). The van der Waals surface area contributed by atoms with Crippen LogP contribution in [0, 0.1) is 0 Å². The Morgan fingerprint density at radius 2 is 1.74 bits per heavy atom. The predicted molar refractivity (Wildman–Crippen MR) is 102 cm³/mol. The molecule has 2 N–H and O–H groups in total. The third-order valence-corrected chi connectivity index (χ3v) is 4.10. The number of imidazole rings is 1. The maximum atomic E-state index is 12.6. The zero-order chi connectivity index (χ0) is 19.1. The lowest BCUT2D eigenvalue weighted by atomic mass is 10.1. The van der Waals surface area contributed by atoms with Crippen molar-refractivity contribution in [2.75, 3.05) is 26.8 Å². The minimum atomic E-state index is -0.334. The number of carbonyl (C=O) groups excluding carboxylic acids is 2. The van der Waals surface area contributed by atoms with Crippen molar-refractivity contribution in [3.8, 4) is 0 Å². The average Bonchev–Trinajstić information content (AvgIpc) is 3.09. The molecule has 3 aromatic rings. The summed E-state index contributed by atoms with van der Waals surface area (Å²) < 4.78 is 6.56. The summed E-state index contributed by atoms with van der Waals surface area (Å²) in [4.78, 5) is 29.3. The zero-order valence-corrected chi connectivity index (χ0v) is 15.1. The Morgan fingerprint density at radius 3 is 2.52 bits per heavy atom. The monoisotopic (exact) mass is 366 g/mol. The molecule has 1 aromatic carbocycles. The van der Waals surface area contributed by atoms with E-state index in [9.17, 15) is 9.59 Å². The number of amides is 2. The van der Waals surface area contributed by atoms with Gasteiger partial charge in [0.05, 0.1) is 12.1 Å². The number of ether oxygens (including phenoxy) is 1. The fraction of sp³-hybridized carbons (Fsp3) is 0.250. The van der Waals surface area contributed by atoms with E-state index in [1.807, 2.05) is 30.3 Å². The van der Waals surface area contributed by atoms with Gasteiger partial charge in [-0.05, 0) is 24.1 Å². The van der Waals surface area contributed by atoms with E-state index < -0.39 is 0 Å². The summed E-state index contributed by atoms with van der Waals surface area (Å²) in [7, 11) is 1.57. The highest BCUT2D eigenvalue weighted by atomic mass is 16.5. The Balaban J connectivity index is 1.73.